The number of nitro groups is 1. The third kappa shape index (κ3) is 4.05. The van der Waals surface area contributed by atoms with Gasteiger partial charge in [0.05, 0.1) is 15.5 Å². The quantitative estimate of drug-likeness (QED) is 0.543. The van der Waals surface area contributed by atoms with Crippen molar-refractivity contribution in [1.82, 2.24) is 4.41 Å². The van der Waals surface area contributed by atoms with Gasteiger partial charge in [0.25, 0.3) is 15.7 Å². The fourth-order valence-electron chi connectivity index (χ4n) is 2.95. The Bertz CT molecular complexity index is 985. The first-order valence-corrected chi connectivity index (χ1v) is 10.3. The molecular weight excluding hydrogens is 382 g/mol. The predicted octanol–water partition coefficient (Wildman–Crippen LogP) is 3.45. The summed E-state index contributed by atoms with van der Waals surface area (Å²) in [6, 6.07) is 12.5. The van der Waals surface area contributed by atoms with E-state index in [0.717, 1.165) is 9.98 Å². The van der Waals surface area contributed by atoms with Gasteiger partial charge in [-0.3, -0.25) is 10.1 Å². The largest absolute Gasteiger partial charge is 0.356 e. The van der Waals surface area contributed by atoms with E-state index in [4.69, 9.17) is 4.74 Å². The summed E-state index contributed by atoms with van der Waals surface area (Å²) in [5.41, 5.74) is 2.11. The van der Waals surface area contributed by atoms with E-state index in [2.05, 4.69) is 5.10 Å². The molecule has 0 aliphatic carbocycles. The Kier molecular flexibility index (Phi) is 5.76. The standard InChI is InChI=1S/C19H21N3O5S/c1-3-27-19-13-12-18(15-6-8-16(9-7-15)22(23)24)20-21(19)28(25,26)17-10-4-14(2)5-11-17/h4-11,19H,3,12-13H2,1-2H3. The van der Waals surface area contributed by atoms with Gasteiger partial charge in [0, 0.05) is 25.2 Å². The molecule has 1 unspecified atom stereocenters. The molecule has 0 spiro atoms. The van der Waals surface area contributed by atoms with Crippen LogP contribution in [0.1, 0.15) is 30.9 Å². The van der Waals surface area contributed by atoms with Crippen molar-refractivity contribution in [3.63, 3.8) is 0 Å². The van der Waals surface area contributed by atoms with Gasteiger partial charge in [-0.25, -0.2) is 0 Å². The van der Waals surface area contributed by atoms with Crippen LogP contribution in [0.25, 0.3) is 0 Å². The maximum absolute atomic E-state index is 13.2. The summed E-state index contributed by atoms with van der Waals surface area (Å²) in [5.74, 6) is 0. The molecule has 0 bridgehead atoms. The van der Waals surface area contributed by atoms with E-state index in [9.17, 15) is 18.5 Å². The fourth-order valence-corrected chi connectivity index (χ4v) is 4.33. The van der Waals surface area contributed by atoms with Gasteiger partial charge in [0.2, 0.25) is 0 Å². The van der Waals surface area contributed by atoms with Crippen molar-refractivity contribution in [2.75, 3.05) is 6.61 Å². The fraction of sp³-hybridized carbons (Fsp3) is 0.316. The minimum Gasteiger partial charge on any atom is -0.356 e. The Morgan fingerprint density at radius 1 is 1.18 bits per heavy atom. The van der Waals surface area contributed by atoms with E-state index in [0.29, 0.717) is 30.7 Å². The minimum absolute atomic E-state index is 0.0310. The molecule has 1 heterocycles. The topological polar surface area (TPSA) is 102 Å². The van der Waals surface area contributed by atoms with E-state index in [1.54, 1.807) is 43.3 Å². The van der Waals surface area contributed by atoms with Gasteiger partial charge in [-0.1, -0.05) is 17.7 Å². The smallest absolute Gasteiger partial charge is 0.281 e. The molecule has 9 heteroatoms. The summed E-state index contributed by atoms with van der Waals surface area (Å²) in [6.07, 6.45) is 0.245. The van der Waals surface area contributed by atoms with Crippen molar-refractivity contribution in [3.8, 4) is 0 Å². The molecule has 3 rings (SSSR count). The second-order valence-electron chi connectivity index (χ2n) is 6.39. The number of rotatable bonds is 6. The number of hydrogen-bond acceptors (Lipinski definition) is 6. The first-order chi connectivity index (χ1) is 13.3. The number of non-ortho nitro benzene ring substituents is 1. The number of nitro benzene ring substituents is 1. The third-order valence-corrected chi connectivity index (χ3v) is 6.11. The Labute approximate surface area is 163 Å². The number of hydrazone groups is 1. The predicted molar refractivity (Wildman–Crippen MR) is 104 cm³/mol. The number of nitrogens with zero attached hydrogens (tertiary/aromatic N) is 3. The Hall–Kier alpha value is -2.78. The molecule has 1 aliphatic rings. The summed E-state index contributed by atoms with van der Waals surface area (Å²) in [4.78, 5) is 10.5. The molecule has 0 N–H and O–H groups in total. The van der Waals surface area contributed by atoms with Crippen molar-refractivity contribution in [2.24, 2.45) is 5.10 Å². The van der Waals surface area contributed by atoms with Crippen LogP contribution in [0.5, 0.6) is 0 Å². The molecule has 0 saturated carbocycles. The molecule has 2 aromatic rings. The summed E-state index contributed by atoms with van der Waals surface area (Å²) < 4.78 is 32.9. The van der Waals surface area contributed by atoms with Crippen molar-refractivity contribution in [3.05, 3.63) is 69.8 Å². The van der Waals surface area contributed by atoms with Crippen LogP contribution in [0.15, 0.2) is 58.5 Å². The van der Waals surface area contributed by atoms with E-state index >= 15 is 0 Å². The molecule has 148 valence electrons. The van der Waals surface area contributed by atoms with Crippen LogP contribution in [0.4, 0.5) is 5.69 Å². The molecular formula is C19H21N3O5S. The molecule has 1 aliphatic heterocycles. The molecule has 0 saturated heterocycles. The van der Waals surface area contributed by atoms with Crippen LogP contribution in [-0.4, -0.2) is 36.3 Å². The number of sulfonamides is 1. The van der Waals surface area contributed by atoms with Crippen LogP contribution < -0.4 is 0 Å². The van der Waals surface area contributed by atoms with Crippen molar-refractivity contribution >= 4 is 21.4 Å². The van der Waals surface area contributed by atoms with Gasteiger partial charge >= 0.3 is 0 Å². The van der Waals surface area contributed by atoms with Crippen LogP contribution in [0.2, 0.25) is 0 Å². The first-order valence-electron chi connectivity index (χ1n) is 8.88. The molecule has 8 nitrogen and oxygen atoms in total. The Balaban J connectivity index is 2.00. The Morgan fingerprint density at radius 3 is 2.39 bits per heavy atom. The summed E-state index contributed by atoms with van der Waals surface area (Å²) in [7, 11) is -3.90. The normalized spacial score (nSPS) is 17.3. The van der Waals surface area contributed by atoms with E-state index in [-0.39, 0.29) is 10.6 Å². The summed E-state index contributed by atoms with van der Waals surface area (Å²) >= 11 is 0. The maximum Gasteiger partial charge on any atom is 0.281 e. The monoisotopic (exact) mass is 403 g/mol. The third-order valence-electron chi connectivity index (χ3n) is 4.43. The molecule has 2 aromatic carbocycles. The average Bonchev–Trinajstić information content (AvgIpc) is 2.69. The zero-order chi connectivity index (χ0) is 20.3. The van der Waals surface area contributed by atoms with E-state index in [1.165, 1.54) is 12.1 Å². The lowest BCUT2D eigenvalue weighted by atomic mass is 10.0. The Morgan fingerprint density at radius 2 is 1.82 bits per heavy atom. The lowest BCUT2D eigenvalue weighted by molar-refractivity contribution is -0.384. The lowest BCUT2D eigenvalue weighted by Gasteiger charge is -2.32. The number of benzene rings is 2. The van der Waals surface area contributed by atoms with Crippen LogP contribution in [0.3, 0.4) is 0 Å². The lowest BCUT2D eigenvalue weighted by Crippen LogP contribution is -2.42. The molecule has 28 heavy (non-hydrogen) atoms. The van der Waals surface area contributed by atoms with Crippen LogP contribution >= 0.6 is 0 Å². The zero-order valence-electron chi connectivity index (χ0n) is 15.6. The number of ether oxygens (including phenoxy) is 1. The van der Waals surface area contributed by atoms with E-state index in [1.807, 2.05) is 6.92 Å². The maximum atomic E-state index is 13.2. The molecule has 0 fully saturated rings. The number of aryl methyl sites for hydroxylation is 1. The summed E-state index contributed by atoms with van der Waals surface area (Å²) in [6.45, 7) is 4.03. The minimum atomic E-state index is -3.90. The highest BCUT2D eigenvalue weighted by atomic mass is 32.2. The highest BCUT2D eigenvalue weighted by Gasteiger charge is 2.34. The molecule has 0 radical (unpaired) electrons. The number of hydrogen-bond donors (Lipinski definition) is 0. The van der Waals surface area contributed by atoms with Gasteiger partial charge in [-0.2, -0.15) is 17.9 Å². The molecule has 0 aromatic heterocycles. The van der Waals surface area contributed by atoms with Gasteiger partial charge in [-0.15, -0.1) is 0 Å². The van der Waals surface area contributed by atoms with Gasteiger partial charge in [0.1, 0.15) is 0 Å². The highest BCUT2D eigenvalue weighted by Crippen LogP contribution is 2.28. The molecule has 1 atom stereocenters. The second kappa shape index (κ2) is 8.07. The van der Waals surface area contributed by atoms with Crippen LogP contribution in [0, 0.1) is 17.0 Å². The van der Waals surface area contributed by atoms with Gasteiger partial charge in [0.15, 0.2) is 6.23 Å². The molecule has 0 amide bonds. The van der Waals surface area contributed by atoms with Gasteiger partial charge < -0.3 is 4.74 Å². The van der Waals surface area contributed by atoms with Crippen LogP contribution in [-0.2, 0) is 14.8 Å². The zero-order valence-corrected chi connectivity index (χ0v) is 16.4. The summed E-state index contributed by atoms with van der Waals surface area (Å²) in [5, 5.41) is 15.2. The second-order valence-corrected chi connectivity index (χ2v) is 8.19. The van der Waals surface area contributed by atoms with Crippen molar-refractivity contribution in [2.45, 2.75) is 37.8 Å². The van der Waals surface area contributed by atoms with Crippen molar-refractivity contribution < 1.29 is 18.1 Å². The van der Waals surface area contributed by atoms with Gasteiger partial charge in [-0.05, 0) is 50.1 Å². The SMILES string of the molecule is CCOC1CCC(c2ccc([N+](=O)[O-])cc2)=NN1S(=O)(=O)c1ccc(C)cc1. The average molecular weight is 403 g/mol. The van der Waals surface area contributed by atoms with Crippen molar-refractivity contribution in [1.29, 1.82) is 0 Å². The highest BCUT2D eigenvalue weighted by molar-refractivity contribution is 7.89. The van der Waals surface area contributed by atoms with E-state index < -0.39 is 21.2 Å². The first kappa shape index (κ1) is 20.0.